The van der Waals surface area contributed by atoms with Gasteiger partial charge in [0.05, 0.1) is 0 Å². The molecule has 0 heterocycles. The average molecular weight is 217 g/mol. The third kappa shape index (κ3) is 61.0. The Hall–Kier alpha value is 0.792. The second kappa shape index (κ2) is 21.1. The van der Waals surface area contributed by atoms with Gasteiger partial charge >= 0.3 is 0 Å². The Morgan fingerprint density at radius 3 is 0.688 bits per heavy atom. The monoisotopic (exact) mass is 217 g/mol. The van der Waals surface area contributed by atoms with Crippen molar-refractivity contribution in [2.75, 3.05) is 0 Å². The third-order valence-corrected chi connectivity index (χ3v) is 2.45. The molecule has 0 aromatic carbocycles. The van der Waals surface area contributed by atoms with Crippen molar-refractivity contribution in [1.82, 2.24) is 0 Å². The van der Waals surface area contributed by atoms with Gasteiger partial charge in [-0.15, -0.1) is 0 Å². The third-order valence-electron chi connectivity index (χ3n) is 2.45. The van der Waals surface area contributed by atoms with Gasteiger partial charge in [0.2, 0.25) is 0 Å². The van der Waals surface area contributed by atoms with Crippen LogP contribution in [0.25, 0.3) is 0 Å². The molecule has 0 aromatic rings. The maximum Gasteiger partial charge on any atom is 0.105 e. The van der Waals surface area contributed by atoms with Crippen LogP contribution >= 0.6 is 0 Å². The maximum atomic E-state index is 2.22. The van der Waals surface area contributed by atoms with Gasteiger partial charge in [-0.25, -0.2) is 0 Å². The zero-order chi connectivity index (χ0) is 12.9. The molecule has 3 unspecified atom stereocenters. The summed E-state index contributed by atoms with van der Waals surface area (Å²) in [5.74, 6) is 2.65. The fraction of sp³-hybridized carbons (Fsp3) is 1.00. The molecule has 0 aromatic heterocycles. The molecule has 1 radical (unpaired) electrons. The van der Waals surface area contributed by atoms with Crippen molar-refractivity contribution in [3.05, 3.63) is 0 Å². The minimum absolute atomic E-state index is 0. The largest absolute Gasteiger partial charge is 0.105 e. The molecule has 0 fully saturated rings. The maximum absolute atomic E-state index is 2.22. The van der Waals surface area contributed by atoms with Crippen LogP contribution in [0.4, 0.5) is 0 Å². The van der Waals surface area contributed by atoms with E-state index in [1.807, 2.05) is 0 Å². The van der Waals surface area contributed by atoms with Crippen LogP contribution in [0.2, 0.25) is 17.5 Å². The minimum Gasteiger partial charge on any atom is -0.0728 e. The van der Waals surface area contributed by atoms with Crippen molar-refractivity contribution in [2.24, 2.45) is 0 Å². The van der Waals surface area contributed by atoms with E-state index in [2.05, 4.69) is 65.1 Å². The fourth-order valence-electron chi connectivity index (χ4n) is 0. The molecule has 0 saturated heterocycles. The number of hydrogen-bond donors (Lipinski definition) is 0. The van der Waals surface area contributed by atoms with Gasteiger partial charge in [-0.1, -0.05) is 78.3 Å². The molecule has 0 saturated carbocycles. The van der Waals surface area contributed by atoms with E-state index >= 15 is 0 Å². The Labute approximate surface area is 121 Å². The van der Waals surface area contributed by atoms with Crippen LogP contribution in [-0.4, -0.2) is 42.4 Å². The van der Waals surface area contributed by atoms with Crippen LogP contribution in [0.3, 0.4) is 0 Å². The fourth-order valence-corrected chi connectivity index (χ4v) is 0. The zero-order valence-electron chi connectivity index (χ0n) is 13.9. The zero-order valence-corrected chi connectivity index (χ0v) is 13.9. The van der Waals surface area contributed by atoms with Gasteiger partial charge in [0.15, 0.2) is 0 Å². The summed E-state index contributed by atoms with van der Waals surface area (Å²) in [5.41, 5.74) is 0. The summed E-state index contributed by atoms with van der Waals surface area (Å²) in [7, 11) is 6.67. The molecule has 0 amide bonds. The first-order valence-electron chi connectivity index (χ1n) is 6.81. The van der Waals surface area contributed by atoms with Gasteiger partial charge in [-0.2, -0.15) is 0 Å². The van der Waals surface area contributed by atoms with Gasteiger partial charge in [-0.05, 0) is 0 Å². The van der Waals surface area contributed by atoms with Gasteiger partial charge in [0, 0.05) is 18.9 Å². The summed E-state index contributed by atoms with van der Waals surface area (Å²) in [4.78, 5) is 0. The standard InChI is InChI=1S/3C4H11B.Li/c3*1-3-4(2)5;/h3*4H,3,5H2,1-2H3;. The molecule has 0 bridgehead atoms. The molecule has 0 rings (SSSR count). The molecule has 0 nitrogen and oxygen atoms in total. The molecule has 0 N–H and O–H groups in total. The predicted molar refractivity (Wildman–Crippen MR) is 90.5 cm³/mol. The van der Waals surface area contributed by atoms with Crippen molar-refractivity contribution in [1.29, 1.82) is 0 Å². The van der Waals surface area contributed by atoms with E-state index in [4.69, 9.17) is 0 Å². The normalized spacial score (nSPS) is 13.9. The second-order valence-electron chi connectivity index (χ2n) is 5.41. The van der Waals surface area contributed by atoms with Crippen LogP contribution in [0, 0.1) is 0 Å². The van der Waals surface area contributed by atoms with Crippen molar-refractivity contribution in [3.8, 4) is 0 Å². The molecule has 0 aliphatic heterocycles. The summed E-state index contributed by atoms with van der Waals surface area (Å²) < 4.78 is 0. The van der Waals surface area contributed by atoms with Gasteiger partial charge in [0.25, 0.3) is 0 Å². The van der Waals surface area contributed by atoms with Crippen molar-refractivity contribution < 1.29 is 0 Å². The predicted octanol–water partition coefficient (Wildman–Crippen LogP) is 2.13. The van der Waals surface area contributed by atoms with Crippen LogP contribution < -0.4 is 0 Å². The van der Waals surface area contributed by atoms with Crippen LogP contribution in [0.1, 0.15) is 60.8 Å². The van der Waals surface area contributed by atoms with E-state index < -0.39 is 0 Å². The van der Waals surface area contributed by atoms with Crippen LogP contribution in [0.15, 0.2) is 0 Å². The molecular weight excluding hydrogens is 184 g/mol. The van der Waals surface area contributed by atoms with Crippen molar-refractivity contribution in [3.63, 3.8) is 0 Å². The van der Waals surface area contributed by atoms with E-state index in [-0.39, 0.29) is 18.9 Å². The molecule has 3 atom stereocenters. The quantitative estimate of drug-likeness (QED) is 0.635. The number of rotatable bonds is 3. The Morgan fingerprint density at radius 1 is 0.625 bits per heavy atom. The van der Waals surface area contributed by atoms with Crippen molar-refractivity contribution >= 4 is 42.4 Å². The molecule has 0 aliphatic rings. The molecule has 91 valence electrons. The minimum atomic E-state index is 0. The second-order valence-corrected chi connectivity index (χ2v) is 5.41. The van der Waals surface area contributed by atoms with Crippen LogP contribution in [-0.2, 0) is 0 Å². The Balaban J connectivity index is -0.0000000655. The Bertz CT molecular complexity index is 77.2. The molecular formula is C12H33B3Li. The summed E-state index contributed by atoms with van der Waals surface area (Å²) in [6.45, 7) is 13.3. The van der Waals surface area contributed by atoms with Crippen LogP contribution in [0.5, 0.6) is 0 Å². The first kappa shape index (κ1) is 25.6. The van der Waals surface area contributed by atoms with E-state index in [1.165, 1.54) is 19.3 Å². The first-order chi connectivity index (χ1) is 6.81. The van der Waals surface area contributed by atoms with E-state index in [0.29, 0.717) is 0 Å². The molecule has 0 aliphatic carbocycles. The SMILES string of the molecule is BC(C)CC.BC(C)CC.BC(C)CC.[Li]. The topological polar surface area (TPSA) is 0 Å². The van der Waals surface area contributed by atoms with Gasteiger partial charge < -0.3 is 0 Å². The number of hydrogen-bond acceptors (Lipinski definition) is 0. The van der Waals surface area contributed by atoms with E-state index in [0.717, 1.165) is 17.5 Å². The summed E-state index contributed by atoms with van der Waals surface area (Å²) >= 11 is 0. The summed E-state index contributed by atoms with van der Waals surface area (Å²) in [5, 5.41) is 0. The van der Waals surface area contributed by atoms with Crippen molar-refractivity contribution in [2.45, 2.75) is 78.3 Å². The Kier molecular flexibility index (Phi) is 33.8. The van der Waals surface area contributed by atoms with E-state index in [1.54, 1.807) is 0 Å². The average Bonchev–Trinajstić information content (AvgIpc) is 2.19. The molecule has 0 spiro atoms. The smallest absolute Gasteiger partial charge is 0.0728 e. The molecule has 4 heteroatoms. The van der Waals surface area contributed by atoms with E-state index in [9.17, 15) is 0 Å². The Morgan fingerprint density at radius 2 is 0.688 bits per heavy atom. The van der Waals surface area contributed by atoms with Gasteiger partial charge in [-0.3, -0.25) is 0 Å². The summed E-state index contributed by atoms with van der Waals surface area (Å²) in [6.07, 6.45) is 3.92. The first-order valence-corrected chi connectivity index (χ1v) is 6.81. The summed E-state index contributed by atoms with van der Waals surface area (Å²) in [6, 6.07) is 0. The molecule has 16 heavy (non-hydrogen) atoms. The van der Waals surface area contributed by atoms with Gasteiger partial charge in [0.1, 0.15) is 23.5 Å².